The van der Waals surface area contributed by atoms with E-state index in [2.05, 4.69) is 0 Å². The van der Waals surface area contributed by atoms with Gasteiger partial charge >= 0.3 is 5.97 Å². The topological polar surface area (TPSA) is 46.5 Å². The first-order valence-corrected chi connectivity index (χ1v) is 3.36. The van der Waals surface area contributed by atoms with Crippen molar-refractivity contribution >= 4 is 5.97 Å². The van der Waals surface area contributed by atoms with E-state index in [1.807, 2.05) is 0 Å². The summed E-state index contributed by atoms with van der Waals surface area (Å²) in [6.07, 6.45) is -0.935. The fourth-order valence-electron chi connectivity index (χ4n) is 0.997. The SMILES string of the molecule is C[C@H]1[C@@H](O)C(=O)OC1(C)C. The standard InChI is InChI=1S/C7H12O3/c1-4-5(8)6(9)10-7(4,2)3/h4-5,8H,1-3H3/t4-,5+/m0/s1. The van der Waals surface area contributed by atoms with E-state index in [0.717, 1.165) is 0 Å². The molecule has 1 N–H and O–H groups in total. The number of hydrogen-bond acceptors (Lipinski definition) is 3. The Morgan fingerprint density at radius 2 is 2.10 bits per heavy atom. The number of cyclic esters (lactones) is 1. The van der Waals surface area contributed by atoms with Gasteiger partial charge < -0.3 is 9.84 Å². The first-order chi connectivity index (χ1) is 4.45. The normalized spacial score (nSPS) is 37.8. The molecule has 10 heavy (non-hydrogen) atoms. The van der Waals surface area contributed by atoms with E-state index in [4.69, 9.17) is 9.84 Å². The summed E-state index contributed by atoms with van der Waals surface area (Å²) in [5.74, 6) is -0.613. The van der Waals surface area contributed by atoms with Crippen molar-refractivity contribution in [3.63, 3.8) is 0 Å². The van der Waals surface area contributed by atoms with Crippen LogP contribution in [0.2, 0.25) is 0 Å². The van der Waals surface area contributed by atoms with Crippen LogP contribution in [0.25, 0.3) is 0 Å². The van der Waals surface area contributed by atoms with Crippen LogP contribution >= 0.6 is 0 Å². The molecular formula is C7H12O3. The van der Waals surface area contributed by atoms with Crippen molar-refractivity contribution in [1.82, 2.24) is 0 Å². The van der Waals surface area contributed by atoms with Gasteiger partial charge in [0.1, 0.15) is 5.60 Å². The van der Waals surface area contributed by atoms with Gasteiger partial charge in [0.05, 0.1) is 0 Å². The molecule has 0 aromatic rings. The molecule has 0 saturated carbocycles. The highest BCUT2D eigenvalue weighted by Crippen LogP contribution is 2.31. The van der Waals surface area contributed by atoms with Crippen LogP contribution in [0.5, 0.6) is 0 Å². The zero-order valence-electron chi connectivity index (χ0n) is 6.42. The highest BCUT2D eigenvalue weighted by molar-refractivity contribution is 5.77. The fourth-order valence-corrected chi connectivity index (χ4v) is 0.997. The molecule has 1 heterocycles. The predicted molar refractivity (Wildman–Crippen MR) is 35.3 cm³/mol. The molecule has 3 heteroatoms. The summed E-state index contributed by atoms with van der Waals surface area (Å²) in [4.78, 5) is 10.7. The molecule has 3 nitrogen and oxygen atoms in total. The molecule has 0 spiro atoms. The van der Waals surface area contributed by atoms with Gasteiger partial charge in [0.2, 0.25) is 0 Å². The second kappa shape index (κ2) is 1.95. The summed E-state index contributed by atoms with van der Waals surface area (Å²) in [5, 5.41) is 9.13. The zero-order valence-corrected chi connectivity index (χ0v) is 6.42. The molecule has 0 amide bonds. The van der Waals surface area contributed by atoms with Crippen LogP contribution in [-0.4, -0.2) is 22.8 Å². The van der Waals surface area contributed by atoms with E-state index in [-0.39, 0.29) is 5.92 Å². The Morgan fingerprint density at radius 1 is 1.60 bits per heavy atom. The minimum absolute atomic E-state index is 0.111. The highest BCUT2D eigenvalue weighted by Gasteiger charge is 2.46. The summed E-state index contributed by atoms with van der Waals surface area (Å²) in [6, 6.07) is 0. The zero-order chi connectivity index (χ0) is 7.94. The smallest absolute Gasteiger partial charge is 0.335 e. The average Bonchev–Trinajstić information content (AvgIpc) is 1.95. The lowest BCUT2D eigenvalue weighted by Gasteiger charge is -2.21. The van der Waals surface area contributed by atoms with E-state index in [1.54, 1.807) is 20.8 Å². The number of rotatable bonds is 0. The molecule has 0 radical (unpaired) electrons. The summed E-state index contributed by atoms with van der Waals surface area (Å²) >= 11 is 0. The van der Waals surface area contributed by atoms with Gasteiger partial charge in [-0.15, -0.1) is 0 Å². The van der Waals surface area contributed by atoms with Gasteiger partial charge in [-0.3, -0.25) is 0 Å². The van der Waals surface area contributed by atoms with Crippen LogP contribution in [0.3, 0.4) is 0 Å². The Morgan fingerprint density at radius 3 is 2.20 bits per heavy atom. The van der Waals surface area contributed by atoms with Crippen molar-refractivity contribution in [3.05, 3.63) is 0 Å². The Balaban J connectivity index is 2.81. The Kier molecular flexibility index (Phi) is 1.47. The van der Waals surface area contributed by atoms with Crippen LogP contribution in [-0.2, 0) is 9.53 Å². The van der Waals surface area contributed by atoms with Gasteiger partial charge in [-0.05, 0) is 13.8 Å². The molecule has 0 aliphatic carbocycles. The molecule has 0 unspecified atom stereocenters. The van der Waals surface area contributed by atoms with Gasteiger partial charge in [-0.1, -0.05) is 6.92 Å². The summed E-state index contributed by atoms with van der Waals surface area (Å²) < 4.78 is 4.88. The molecule has 1 aliphatic rings. The third-order valence-electron chi connectivity index (χ3n) is 2.18. The van der Waals surface area contributed by atoms with Crippen molar-refractivity contribution in [2.75, 3.05) is 0 Å². The molecule has 0 aromatic carbocycles. The van der Waals surface area contributed by atoms with Crippen molar-refractivity contribution < 1.29 is 14.6 Å². The van der Waals surface area contributed by atoms with Crippen molar-refractivity contribution in [2.24, 2.45) is 5.92 Å². The van der Waals surface area contributed by atoms with E-state index in [1.165, 1.54) is 0 Å². The van der Waals surface area contributed by atoms with Crippen LogP contribution in [0, 0.1) is 5.92 Å². The van der Waals surface area contributed by atoms with Crippen LogP contribution in [0.1, 0.15) is 20.8 Å². The lowest BCUT2D eigenvalue weighted by Crippen LogP contribution is -2.29. The summed E-state index contributed by atoms with van der Waals surface area (Å²) in [5.41, 5.74) is -0.503. The van der Waals surface area contributed by atoms with E-state index in [9.17, 15) is 4.79 Å². The number of esters is 1. The van der Waals surface area contributed by atoms with Crippen LogP contribution in [0.4, 0.5) is 0 Å². The van der Waals surface area contributed by atoms with Gasteiger partial charge in [0.15, 0.2) is 6.10 Å². The quantitative estimate of drug-likeness (QED) is 0.498. The molecule has 1 saturated heterocycles. The van der Waals surface area contributed by atoms with Crippen LogP contribution in [0.15, 0.2) is 0 Å². The van der Waals surface area contributed by atoms with Crippen molar-refractivity contribution in [1.29, 1.82) is 0 Å². The Bertz CT molecular complexity index is 162. The minimum atomic E-state index is -0.935. The van der Waals surface area contributed by atoms with Gasteiger partial charge in [0, 0.05) is 5.92 Å². The lowest BCUT2D eigenvalue weighted by molar-refractivity contribution is -0.151. The number of aliphatic hydroxyl groups is 1. The minimum Gasteiger partial charge on any atom is -0.457 e. The van der Waals surface area contributed by atoms with Crippen molar-refractivity contribution in [2.45, 2.75) is 32.5 Å². The predicted octanol–water partition coefficient (Wildman–Crippen LogP) is 0.319. The van der Waals surface area contributed by atoms with Gasteiger partial charge in [-0.25, -0.2) is 4.79 Å². The lowest BCUT2D eigenvalue weighted by atomic mass is 9.91. The molecule has 1 aliphatic heterocycles. The largest absolute Gasteiger partial charge is 0.457 e. The first-order valence-electron chi connectivity index (χ1n) is 3.36. The van der Waals surface area contributed by atoms with E-state index >= 15 is 0 Å². The number of hydrogen-bond donors (Lipinski definition) is 1. The van der Waals surface area contributed by atoms with Crippen molar-refractivity contribution in [3.8, 4) is 0 Å². The summed E-state index contributed by atoms with van der Waals surface area (Å²) in [6.45, 7) is 5.40. The second-order valence-corrected chi connectivity index (χ2v) is 3.26. The average molecular weight is 144 g/mol. The molecule has 58 valence electrons. The number of ether oxygens (including phenoxy) is 1. The van der Waals surface area contributed by atoms with Gasteiger partial charge in [0.25, 0.3) is 0 Å². The first kappa shape index (κ1) is 7.54. The number of carbonyl (C=O) groups is 1. The molecular weight excluding hydrogens is 132 g/mol. The van der Waals surface area contributed by atoms with E-state index in [0.29, 0.717) is 0 Å². The third-order valence-corrected chi connectivity index (χ3v) is 2.18. The summed E-state index contributed by atoms with van der Waals surface area (Å²) in [7, 11) is 0. The Hall–Kier alpha value is -0.570. The molecule has 1 fully saturated rings. The fraction of sp³-hybridized carbons (Fsp3) is 0.857. The number of carbonyl (C=O) groups excluding carboxylic acids is 1. The highest BCUT2D eigenvalue weighted by atomic mass is 16.6. The third kappa shape index (κ3) is 0.904. The van der Waals surface area contributed by atoms with Gasteiger partial charge in [-0.2, -0.15) is 0 Å². The monoisotopic (exact) mass is 144 g/mol. The molecule has 2 atom stereocenters. The molecule has 1 rings (SSSR count). The maximum atomic E-state index is 10.7. The number of aliphatic hydroxyl groups excluding tert-OH is 1. The Labute approximate surface area is 60.0 Å². The van der Waals surface area contributed by atoms with E-state index < -0.39 is 17.7 Å². The second-order valence-electron chi connectivity index (χ2n) is 3.26. The molecule has 0 bridgehead atoms. The maximum absolute atomic E-state index is 10.7. The molecule has 0 aromatic heterocycles. The maximum Gasteiger partial charge on any atom is 0.335 e. The van der Waals surface area contributed by atoms with Crippen LogP contribution < -0.4 is 0 Å².